The molecule has 0 saturated heterocycles. The van der Waals surface area contributed by atoms with Gasteiger partial charge in [-0.2, -0.15) is 0 Å². The van der Waals surface area contributed by atoms with Gasteiger partial charge in [-0.05, 0) is 97.2 Å². The molecule has 4 nitrogen and oxygen atoms in total. The van der Waals surface area contributed by atoms with Crippen LogP contribution in [0.15, 0.2) is 60.9 Å². The number of benzene rings is 2. The number of fused-ring (bicyclic) bond motifs is 1. The zero-order chi connectivity index (χ0) is 21.8. The Bertz CT molecular complexity index is 1070. The van der Waals surface area contributed by atoms with Crippen molar-refractivity contribution < 1.29 is 13.9 Å². The van der Waals surface area contributed by atoms with Crippen molar-refractivity contribution in [3.05, 3.63) is 89.0 Å². The Labute approximate surface area is 182 Å². The van der Waals surface area contributed by atoms with Crippen molar-refractivity contribution in [3.8, 4) is 0 Å². The molecule has 3 aromatic rings. The highest BCUT2D eigenvalue weighted by Crippen LogP contribution is 2.37. The largest absolute Gasteiger partial charge is 0.465 e. The number of esters is 1. The highest BCUT2D eigenvalue weighted by molar-refractivity contribution is 5.90. The van der Waals surface area contributed by atoms with Crippen LogP contribution in [0.1, 0.15) is 52.2 Å². The number of pyridine rings is 1. The number of anilines is 2. The molecule has 1 aliphatic rings. The van der Waals surface area contributed by atoms with Crippen LogP contribution in [0.4, 0.5) is 15.8 Å². The van der Waals surface area contributed by atoms with Gasteiger partial charge in [-0.3, -0.25) is 4.98 Å². The lowest BCUT2D eigenvalue weighted by Gasteiger charge is -2.28. The van der Waals surface area contributed by atoms with Gasteiger partial charge < -0.3 is 9.64 Å². The van der Waals surface area contributed by atoms with Crippen LogP contribution in [0.25, 0.3) is 0 Å². The molecule has 0 spiro atoms. The Morgan fingerprint density at radius 3 is 2.71 bits per heavy atom. The van der Waals surface area contributed by atoms with Gasteiger partial charge in [0.15, 0.2) is 0 Å². The number of ether oxygens (including phenoxy) is 1. The minimum Gasteiger partial charge on any atom is -0.465 e. The van der Waals surface area contributed by atoms with Crippen LogP contribution in [0.3, 0.4) is 0 Å². The quantitative estimate of drug-likeness (QED) is 0.473. The third-order valence-electron chi connectivity index (χ3n) is 6.24. The van der Waals surface area contributed by atoms with Gasteiger partial charge in [0.1, 0.15) is 5.82 Å². The molecule has 0 aliphatic heterocycles. The van der Waals surface area contributed by atoms with Crippen molar-refractivity contribution in [1.82, 2.24) is 4.98 Å². The second-order valence-electron chi connectivity index (χ2n) is 8.07. The molecule has 0 unspecified atom stereocenters. The van der Waals surface area contributed by atoms with E-state index in [9.17, 15) is 9.18 Å². The molecule has 4 rings (SSSR count). The van der Waals surface area contributed by atoms with E-state index in [0.717, 1.165) is 49.0 Å². The highest BCUT2D eigenvalue weighted by atomic mass is 19.1. The number of aryl methyl sites for hydroxylation is 2. The van der Waals surface area contributed by atoms with Gasteiger partial charge in [0, 0.05) is 30.8 Å². The molecular formula is C26H27FN2O2. The van der Waals surface area contributed by atoms with Crippen LogP contribution in [0.5, 0.6) is 0 Å². The number of halogens is 1. The van der Waals surface area contributed by atoms with Gasteiger partial charge >= 0.3 is 5.97 Å². The number of rotatable bonds is 6. The van der Waals surface area contributed by atoms with E-state index in [0.29, 0.717) is 11.5 Å². The fraction of sp³-hybridized carbons (Fsp3) is 0.308. The highest BCUT2D eigenvalue weighted by Gasteiger charge is 2.22. The summed E-state index contributed by atoms with van der Waals surface area (Å²) in [6.07, 6.45) is 8.53. The number of carbonyl (C=O) groups is 1. The van der Waals surface area contributed by atoms with Crippen LogP contribution >= 0.6 is 0 Å². The monoisotopic (exact) mass is 418 g/mol. The summed E-state index contributed by atoms with van der Waals surface area (Å²) in [5.41, 5.74) is 6.37. The molecule has 160 valence electrons. The first-order valence-corrected chi connectivity index (χ1v) is 10.7. The molecule has 0 radical (unpaired) electrons. The molecule has 1 atom stereocenters. The van der Waals surface area contributed by atoms with E-state index in [2.05, 4.69) is 28.1 Å². The maximum Gasteiger partial charge on any atom is 0.338 e. The van der Waals surface area contributed by atoms with E-state index in [1.807, 2.05) is 7.05 Å². The van der Waals surface area contributed by atoms with Crippen molar-refractivity contribution in [2.45, 2.75) is 38.0 Å². The summed E-state index contributed by atoms with van der Waals surface area (Å²) in [7, 11) is 3.41. The molecule has 0 fully saturated rings. The summed E-state index contributed by atoms with van der Waals surface area (Å²) in [4.78, 5) is 18.3. The first kappa shape index (κ1) is 21.0. The minimum absolute atomic E-state index is 0.227. The van der Waals surface area contributed by atoms with Crippen molar-refractivity contribution >= 4 is 17.3 Å². The van der Waals surface area contributed by atoms with Crippen molar-refractivity contribution in [2.75, 3.05) is 19.1 Å². The zero-order valence-corrected chi connectivity index (χ0v) is 18.0. The molecule has 0 N–H and O–H groups in total. The molecule has 0 bridgehead atoms. The third kappa shape index (κ3) is 4.61. The van der Waals surface area contributed by atoms with Gasteiger partial charge in [0.25, 0.3) is 0 Å². The molecule has 5 heteroatoms. The van der Waals surface area contributed by atoms with Gasteiger partial charge in [0.05, 0.1) is 12.7 Å². The lowest BCUT2D eigenvalue weighted by molar-refractivity contribution is 0.0599. The van der Waals surface area contributed by atoms with Gasteiger partial charge in [0.2, 0.25) is 0 Å². The summed E-state index contributed by atoms with van der Waals surface area (Å²) in [6, 6.07) is 14.9. The van der Waals surface area contributed by atoms with Gasteiger partial charge in [-0.1, -0.05) is 6.07 Å². The average molecular weight is 419 g/mol. The van der Waals surface area contributed by atoms with E-state index in [1.165, 1.54) is 30.4 Å². The van der Waals surface area contributed by atoms with E-state index >= 15 is 0 Å². The second-order valence-corrected chi connectivity index (χ2v) is 8.07. The summed E-state index contributed by atoms with van der Waals surface area (Å²) in [6.45, 7) is 0. The number of carbonyl (C=O) groups excluding carboxylic acids is 1. The van der Waals surface area contributed by atoms with Crippen molar-refractivity contribution in [3.63, 3.8) is 0 Å². The molecule has 1 heterocycles. The molecule has 0 saturated carbocycles. The molecule has 1 aromatic heterocycles. The van der Waals surface area contributed by atoms with Gasteiger partial charge in [-0.25, -0.2) is 9.18 Å². The van der Waals surface area contributed by atoms with Crippen molar-refractivity contribution in [2.24, 2.45) is 0 Å². The summed E-state index contributed by atoms with van der Waals surface area (Å²) < 4.78 is 18.2. The van der Waals surface area contributed by atoms with Crippen LogP contribution in [-0.4, -0.2) is 25.1 Å². The predicted octanol–water partition coefficient (Wildman–Crippen LogP) is 5.83. The van der Waals surface area contributed by atoms with E-state index < -0.39 is 0 Å². The smallest absolute Gasteiger partial charge is 0.338 e. The maximum atomic E-state index is 13.3. The van der Waals surface area contributed by atoms with E-state index in [4.69, 9.17) is 4.74 Å². The number of hydrogen-bond donors (Lipinski definition) is 0. The standard InChI is InChI=1S/C26H27FN2O2/c1-29(22-10-8-21(27)9-11-22)23-12-13-24-18(4-3-5-19(24)16-23)6-7-20-17-28-15-14-25(20)26(30)31-2/h8-18H,3-7H2,1-2H3/t18-/m0/s1. The molecule has 31 heavy (non-hydrogen) atoms. The summed E-state index contributed by atoms with van der Waals surface area (Å²) in [5.74, 6) is -0.0797. The fourth-order valence-corrected chi connectivity index (χ4v) is 4.49. The maximum absolute atomic E-state index is 13.3. The fourth-order valence-electron chi connectivity index (χ4n) is 4.49. The average Bonchev–Trinajstić information content (AvgIpc) is 2.82. The lowest BCUT2D eigenvalue weighted by Crippen LogP contribution is -2.14. The van der Waals surface area contributed by atoms with E-state index in [1.54, 1.807) is 30.6 Å². The first-order valence-electron chi connectivity index (χ1n) is 10.7. The Morgan fingerprint density at radius 2 is 1.94 bits per heavy atom. The normalized spacial score (nSPS) is 15.3. The molecular weight excluding hydrogens is 391 g/mol. The van der Waals surface area contributed by atoms with Crippen LogP contribution in [0, 0.1) is 5.82 Å². The SMILES string of the molecule is COC(=O)c1ccncc1CC[C@@H]1CCCc2cc(N(C)c3ccc(F)cc3)ccc21. The van der Waals surface area contributed by atoms with Gasteiger partial charge in [-0.15, -0.1) is 0 Å². The first-order chi connectivity index (χ1) is 15.1. The number of aromatic nitrogens is 1. The van der Waals surface area contributed by atoms with E-state index in [-0.39, 0.29) is 11.8 Å². The minimum atomic E-state index is -0.310. The Balaban J connectivity index is 1.51. The number of nitrogens with zero attached hydrogens (tertiary/aromatic N) is 2. The Hall–Kier alpha value is -3.21. The summed E-state index contributed by atoms with van der Waals surface area (Å²) >= 11 is 0. The third-order valence-corrected chi connectivity index (χ3v) is 6.24. The number of hydrogen-bond acceptors (Lipinski definition) is 4. The Kier molecular flexibility index (Phi) is 6.31. The number of methoxy groups -OCH3 is 1. The summed E-state index contributed by atoms with van der Waals surface area (Å²) in [5, 5.41) is 0. The van der Waals surface area contributed by atoms with Crippen molar-refractivity contribution in [1.29, 1.82) is 0 Å². The molecule has 2 aromatic carbocycles. The topological polar surface area (TPSA) is 42.4 Å². The van der Waals surface area contributed by atoms with Crippen LogP contribution in [-0.2, 0) is 17.6 Å². The zero-order valence-electron chi connectivity index (χ0n) is 18.0. The molecule has 0 amide bonds. The second kappa shape index (κ2) is 9.29. The molecule has 1 aliphatic carbocycles. The Morgan fingerprint density at radius 1 is 1.16 bits per heavy atom. The van der Waals surface area contributed by atoms with Crippen LogP contribution in [0.2, 0.25) is 0 Å². The predicted molar refractivity (Wildman–Crippen MR) is 120 cm³/mol. The van der Waals surface area contributed by atoms with Crippen LogP contribution < -0.4 is 4.90 Å². The lowest BCUT2D eigenvalue weighted by atomic mass is 9.79.